The van der Waals surface area contributed by atoms with Crippen LogP contribution >= 0.6 is 0 Å². The minimum Gasteiger partial charge on any atom is -0.336 e. The molecular formula is C40H81N3O2. The molecule has 0 unspecified atom stereocenters. The van der Waals surface area contributed by atoms with Gasteiger partial charge in [-0.2, -0.15) is 0 Å². The number of hydrogen-bond acceptors (Lipinski definition) is 3. The Morgan fingerprint density at radius 1 is 0.400 bits per heavy atom. The molecular weight excluding hydrogens is 554 g/mol. The highest BCUT2D eigenvalue weighted by molar-refractivity contribution is 5.79. The molecule has 0 bridgehead atoms. The molecule has 0 saturated heterocycles. The van der Waals surface area contributed by atoms with Crippen LogP contribution in [0.2, 0.25) is 0 Å². The van der Waals surface area contributed by atoms with E-state index in [1.165, 1.54) is 141 Å². The molecule has 0 aromatic heterocycles. The maximum atomic E-state index is 12.6. The van der Waals surface area contributed by atoms with Gasteiger partial charge in [0, 0.05) is 12.8 Å². The van der Waals surface area contributed by atoms with E-state index in [1.807, 2.05) is 7.05 Å². The number of carbonyl (C=O) groups excluding carboxylic acids is 2. The molecule has 5 heteroatoms. The number of carbonyl (C=O) groups is 2. The number of unbranched alkanes of at least 4 members (excludes halogenated alkanes) is 22. The molecule has 45 heavy (non-hydrogen) atoms. The third-order valence-corrected chi connectivity index (χ3v) is 9.22. The minimum absolute atomic E-state index is 0.0657. The van der Waals surface area contributed by atoms with Gasteiger partial charge in [-0.15, -0.1) is 0 Å². The Balaban J connectivity index is 3.72. The molecule has 2 amide bonds. The normalized spacial score (nSPS) is 11.6. The molecule has 0 aliphatic rings. The van der Waals surface area contributed by atoms with Crippen molar-refractivity contribution in [3.63, 3.8) is 0 Å². The summed E-state index contributed by atoms with van der Waals surface area (Å²) >= 11 is 0. The SMILES string of the molecule is CNCCC(NC(=O)CCCCCCCCCCCCCCC(C)C)NC(=O)CCCCCCCCCCCCCCC(C)C. The zero-order valence-electron chi connectivity index (χ0n) is 31.3. The van der Waals surface area contributed by atoms with E-state index in [4.69, 9.17) is 0 Å². The van der Waals surface area contributed by atoms with Gasteiger partial charge in [0.1, 0.15) is 6.17 Å². The number of hydrogen-bond donors (Lipinski definition) is 3. The highest BCUT2D eigenvalue weighted by atomic mass is 16.2. The van der Waals surface area contributed by atoms with Gasteiger partial charge in [0.2, 0.25) is 11.8 Å². The van der Waals surface area contributed by atoms with Crippen molar-refractivity contribution >= 4 is 11.8 Å². The monoisotopic (exact) mass is 636 g/mol. The summed E-state index contributed by atoms with van der Waals surface area (Å²) in [7, 11) is 1.91. The van der Waals surface area contributed by atoms with Gasteiger partial charge in [-0.25, -0.2) is 0 Å². The van der Waals surface area contributed by atoms with E-state index >= 15 is 0 Å². The maximum Gasteiger partial charge on any atom is 0.221 e. The quantitative estimate of drug-likeness (QED) is 0.0479. The molecule has 0 radical (unpaired) electrons. The van der Waals surface area contributed by atoms with Gasteiger partial charge in [0.25, 0.3) is 0 Å². The average Bonchev–Trinajstić information content (AvgIpc) is 2.99. The fourth-order valence-electron chi connectivity index (χ4n) is 6.21. The smallest absolute Gasteiger partial charge is 0.221 e. The van der Waals surface area contributed by atoms with Crippen LogP contribution in [-0.4, -0.2) is 31.6 Å². The number of rotatable bonds is 35. The van der Waals surface area contributed by atoms with Gasteiger partial charge in [-0.1, -0.05) is 182 Å². The summed E-state index contributed by atoms with van der Waals surface area (Å²) in [6, 6.07) is 0. The van der Waals surface area contributed by atoms with Crippen molar-refractivity contribution in [1.82, 2.24) is 16.0 Å². The average molecular weight is 636 g/mol. The van der Waals surface area contributed by atoms with Gasteiger partial charge in [-0.05, 0) is 44.7 Å². The van der Waals surface area contributed by atoms with Crippen molar-refractivity contribution in [2.45, 2.75) is 220 Å². The van der Waals surface area contributed by atoms with Gasteiger partial charge < -0.3 is 16.0 Å². The van der Waals surface area contributed by atoms with Crippen LogP contribution in [0.5, 0.6) is 0 Å². The Morgan fingerprint density at radius 3 is 0.933 bits per heavy atom. The first kappa shape index (κ1) is 43.9. The zero-order valence-corrected chi connectivity index (χ0v) is 31.3. The molecule has 5 nitrogen and oxygen atoms in total. The lowest BCUT2D eigenvalue weighted by molar-refractivity contribution is -0.124. The lowest BCUT2D eigenvalue weighted by Crippen LogP contribution is -2.49. The highest BCUT2D eigenvalue weighted by Crippen LogP contribution is 2.16. The van der Waals surface area contributed by atoms with Crippen LogP contribution in [0.25, 0.3) is 0 Å². The third kappa shape index (κ3) is 35.6. The van der Waals surface area contributed by atoms with E-state index in [-0.39, 0.29) is 18.0 Å². The van der Waals surface area contributed by atoms with Crippen LogP contribution in [0.1, 0.15) is 214 Å². The van der Waals surface area contributed by atoms with Crippen molar-refractivity contribution in [1.29, 1.82) is 0 Å². The predicted octanol–water partition coefficient (Wildman–Crippen LogP) is 11.4. The molecule has 0 aliphatic heterocycles. The fraction of sp³-hybridized carbons (Fsp3) is 0.950. The van der Waals surface area contributed by atoms with Gasteiger partial charge in [0.05, 0.1) is 0 Å². The second-order valence-corrected chi connectivity index (χ2v) is 14.9. The van der Waals surface area contributed by atoms with Crippen LogP contribution in [-0.2, 0) is 9.59 Å². The van der Waals surface area contributed by atoms with Crippen LogP contribution < -0.4 is 16.0 Å². The van der Waals surface area contributed by atoms with Gasteiger partial charge in [0.15, 0.2) is 0 Å². The second-order valence-electron chi connectivity index (χ2n) is 14.9. The topological polar surface area (TPSA) is 70.2 Å². The predicted molar refractivity (Wildman–Crippen MR) is 198 cm³/mol. The summed E-state index contributed by atoms with van der Waals surface area (Å²) in [5.41, 5.74) is 0. The summed E-state index contributed by atoms with van der Waals surface area (Å²) in [6.07, 6.45) is 35.6. The van der Waals surface area contributed by atoms with Crippen molar-refractivity contribution < 1.29 is 9.59 Å². The lowest BCUT2D eigenvalue weighted by atomic mass is 10.0. The summed E-state index contributed by atoms with van der Waals surface area (Å²) in [4.78, 5) is 25.1. The largest absolute Gasteiger partial charge is 0.336 e. The molecule has 0 spiro atoms. The minimum atomic E-state index is -0.275. The van der Waals surface area contributed by atoms with E-state index in [0.29, 0.717) is 19.3 Å². The molecule has 0 aromatic rings. The summed E-state index contributed by atoms with van der Waals surface area (Å²) in [5, 5.41) is 9.29. The summed E-state index contributed by atoms with van der Waals surface area (Å²) in [6.45, 7) is 10.0. The van der Waals surface area contributed by atoms with Crippen molar-refractivity contribution in [2.75, 3.05) is 13.6 Å². The van der Waals surface area contributed by atoms with Crippen molar-refractivity contribution in [2.24, 2.45) is 11.8 Å². The Labute approximate surface area is 282 Å². The van der Waals surface area contributed by atoms with Crippen LogP contribution in [0.4, 0.5) is 0 Å². The van der Waals surface area contributed by atoms with Crippen molar-refractivity contribution in [3.8, 4) is 0 Å². The van der Waals surface area contributed by atoms with Crippen LogP contribution in [0.15, 0.2) is 0 Å². The van der Waals surface area contributed by atoms with Gasteiger partial charge >= 0.3 is 0 Å². The fourth-order valence-corrected chi connectivity index (χ4v) is 6.21. The molecule has 3 N–H and O–H groups in total. The molecule has 268 valence electrons. The molecule has 0 heterocycles. The molecule has 0 atom stereocenters. The standard InChI is InChI=1S/C40H81N3O2/c1-36(2)30-26-22-18-14-10-6-8-12-16-20-24-28-32-39(44)42-38(34-35-41-5)43-40(45)33-29-25-21-17-13-9-7-11-15-19-23-27-31-37(3)4/h36-38,41H,6-35H2,1-5H3,(H,42,44)(H,43,45). The van der Waals surface area contributed by atoms with Crippen molar-refractivity contribution in [3.05, 3.63) is 0 Å². The molecule has 0 saturated carbocycles. The maximum absolute atomic E-state index is 12.6. The number of amides is 2. The Hall–Kier alpha value is -1.10. The van der Waals surface area contributed by atoms with E-state index in [9.17, 15) is 9.59 Å². The van der Waals surface area contributed by atoms with E-state index < -0.39 is 0 Å². The Kier molecular flexibility index (Phi) is 33.4. The van der Waals surface area contributed by atoms with Crippen LogP contribution in [0, 0.1) is 11.8 Å². The summed E-state index contributed by atoms with van der Waals surface area (Å²) < 4.78 is 0. The third-order valence-electron chi connectivity index (χ3n) is 9.22. The second kappa shape index (κ2) is 34.2. The molecule has 0 aliphatic carbocycles. The summed E-state index contributed by atoms with van der Waals surface area (Å²) in [5.74, 6) is 1.84. The molecule has 0 rings (SSSR count). The van der Waals surface area contributed by atoms with Crippen LogP contribution in [0.3, 0.4) is 0 Å². The molecule has 0 fully saturated rings. The van der Waals surface area contributed by atoms with Gasteiger partial charge in [-0.3, -0.25) is 9.59 Å². The highest BCUT2D eigenvalue weighted by Gasteiger charge is 2.14. The number of nitrogens with one attached hydrogen (secondary N) is 3. The Morgan fingerprint density at radius 2 is 0.667 bits per heavy atom. The first-order valence-electron chi connectivity index (χ1n) is 20.1. The Bertz CT molecular complexity index is 587. The molecule has 0 aromatic carbocycles. The first-order chi connectivity index (χ1) is 21.8. The van der Waals surface area contributed by atoms with E-state index in [2.05, 4.69) is 43.6 Å². The van der Waals surface area contributed by atoms with E-state index in [1.54, 1.807) is 0 Å². The first-order valence-corrected chi connectivity index (χ1v) is 20.1. The zero-order chi connectivity index (χ0) is 33.2. The lowest BCUT2D eigenvalue weighted by Gasteiger charge is -2.20. The van der Waals surface area contributed by atoms with E-state index in [0.717, 1.165) is 44.1 Å².